The zero-order valence-corrected chi connectivity index (χ0v) is 11.0. The van der Waals surface area contributed by atoms with Crippen LogP contribution in [-0.2, 0) is 4.74 Å². The molecule has 1 aromatic rings. The number of carbonyl (C=O) groups excluding carboxylic acids is 1. The highest BCUT2D eigenvalue weighted by atomic mass is 35.5. The molecule has 3 N–H and O–H groups in total. The Bertz CT molecular complexity index is 506. The Kier molecular flexibility index (Phi) is 3.86. The Labute approximate surface area is 109 Å². The monoisotopic (exact) mass is 271 g/mol. The third-order valence-corrected chi connectivity index (χ3v) is 2.35. The number of hydrogen-bond donors (Lipinski definition) is 2. The van der Waals surface area contributed by atoms with Crippen LogP contribution >= 0.6 is 11.6 Å². The van der Waals surface area contributed by atoms with Gasteiger partial charge in [0, 0.05) is 5.69 Å². The number of benzene rings is 1. The predicted molar refractivity (Wildman–Crippen MR) is 68.0 cm³/mol. The Hall–Kier alpha value is -1.75. The topological polar surface area (TPSA) is 89.6 Å². The molecule has 1 rings (SSSR count). The number of halogens is 1. The van der Waals surface area contributed by atoms with Crippen LogP contribution in [0.5, 0.6) is 0 Å². The van der Waals surface area contributed by atoms with Crippen LogP contribution in [0, 0.1) is 0 Å². The van der Waals surface area contributed by atoms with E-state index in [1.165, 1.54) is 12.1 Å². The molecule has 0 saturated heterocycles. The van der Waals surface area contributed by atoms with Gasteiger partial charge in [-0.05, 0) is 32.9 Å². The number of carbonyl (C=O) groups is 2. The van der Waals surface area contributed by atoms with Crippen LogP contribution < -0.4 is 5.73 Å². The molecule has 0 spiro atoms. The van der Waals surface area contributed by atoms with Gasteiger partial charge >= 0.3 is 11.9 Å². The van der Waals surface area contributed by atoms with Crippen molar-refractivity contribution >= 4 is 29.2 Å². The first kappa shape index (κ1) is 14.3. The van der Waals surface area contributed by atoms with Gasteiger partial charge in [0.25, 0.3) is 0 Å². The van der Waals surface area contributed by atoms with Crippen molar-refractivity contribution in [3.05, 3.63) is 28.3 Å². The number of ether oxygens (including phenoxy) is 1. The summed E-state index contributed by atoms with van der Waals surface area (Å²) in [6.45, 7) is 5.09. The molecule has 0 radical (unpaired) electrons. The Balaban J connectivity index is 3.25. The molecule has 0 unspecified atom stereocenters. The molecular weight excluding hydrogens is 258 g/mol. The second kappa shape index (κ2) is 4.86. The Morgan fingerprint density at radius 3 is 2.22 bits per heavy atom. The van der Waals surface area contributed by atoms with Crippen molar-refractivity contribution in [3.63, 3.8) is 0 Å². The van der Waals surface area contributed by atoms with Gasteiger partial charge < -0.3 is 15.6 Å². The van der Waals surface area contributed by atoms with Gasteiger partial charge in [0.05, 0.1) is 16.1 Å². The minimum absolute atomic E-state index is 0.0519. The van der Waals surface area contributed by atoms with E-state index >= 15 is 0 Å². The smallest absolute Gasteiger partial charge is 0.340 e. The summed E-state index contributed by atoms with van der Waals surface area (Å²) in [5.41, 5.74) is 4.70. The summed E-state index contributed by atoms with van der Waals surface area (Å²) in [6, 6.07) is 2.49. The number of rotatable bonds is 2. The zero-order chi connectivity index (χ0) is 14.1. The molecule has 0 heterocycles. The van der Waals surface area contributed by atoms with Crippen LogP contribution in [-0.4, -0.2) is 22.6 Å². The van der Waals surface area contributed by atoms with Crippen LogP contribution in [0.4, 0.5) is 5.69 Å². The number of carboxylic acid groups (broad SMARTS) is 1. The fraction of sp³-hybridized carbons (Fsp3) is 0.333. The average molecular weight is 272 g/mol. The lowest BCUT2D eigenvalue weighted by atomic mass is 10.1. The number of esters is 1. The second-order valence-electron chi connectivity index (χ2n) is 4.74. The van der Waals surface area contributed by atoms with Crippen molar-refractivity contribution in [2.45, 2.75) is 26.4 Å². The molecule has 0 aromatic heterocycles. The van der Waals surface area contributed by atoms with Gasteiger partial charge in [0.2, 0.25) is 0 Å². The van der Waals surface area contributed by atoms with E-state index in [4.69, 9.17) is 27.2 Å². The summed E-state index contributed by atoms with van der Waals surface area (Å²) in [6.07, 6.45) is 0. The van der Waals surface area contributed by atoms with E-state index in [-0.39, 0.29) is 21.8 Å². The lowest BCUT2D eigenvalue weighted by Crippen LogP contribution is -2.24. The molecule has 0 aliphatic heterocycles. The van der Waals surface area contributed by atoms with Gasteiger partial charge in [0.15, 0.2) is 0 Å². The molecule has 0 atom stereocenters. The highest BCUT2D eigenvalue weighted by molar-refractivity contribution is 6.36. The lowest BCUT2D eigenvalue weighted by molar-refractivity contribution is 0.00698. The van der Waals surface area contributed by atoms with Gasteiger partial charge in [-0.25, -0.2) is 9.59 Å². The maximum atomic E-state index is 11.9. The fourth-order valence-corrected chi connectivity index (χ4v) is 1.55. The van der Waals surface area contributed by atoms with Crippen molar-refractivity contribution in [2.75, 3.05) is 5.73 Å². The molecule has 0 fully saturated rings. The number of nitrogen functional groups attached to an aromatic ring is 1. The standard InChI is InChI=1S/C12H14ClNO4/c1-12(2,3)18-11(17)8-5-6(14)4-7(9(8)13)10(15)16/h4-5H,14H2,1-3H3,(H,15,16). The average Bonchev–Trinajstić information content (AvgIpc) is 2.17. The van der Waals surface area contributed by atoms with Crippen LogP contribution in [0.15, 0.2) is 12.1 Å². The molecule has 0 saturated carbocycles. The number of aromatic carboxylic acids is 1. The number of anilines is 1. The summed E-state index contributed by atoms with van der Waals surface area (Å²) >= 11 is 5.86. The summed E-state index contributed by atoms with van der Waals surface area (Å²) in [5, 5.41) is 8.76. The van der Waals surface area contributed by atoms with Crippen LogP contribution in [0.3, 0.4) is 0 Å². The number of hydrogen-bond acceptors (Lipinski definition) is 4. The molecule has 0 aliphatic rings. The minimum Gasteiger partial charge on any atom is -0.478 e. The zero-order valence-electron chi connectivity index (χ0n) is 10.3. The molecule has 1 aromatic carbocycles. The van der Waals surface area contributed by atoms with E-state index in [9.17, 15) is 9.59 Å². The van der Waals surface area contributed by atoms with Gasteiger partial charge in [-0.2, -0.15) is 0 Å². The van der Waals surface area contributed by atoms with Gasteiger partial charge in [0.1, 0.15) is 5.60 Å². The van der Waals surface area contributed by atoms with Gasteiger partial charge in [-0.3, -0.25) is 0 Å². The summed E-state index contributed by atoms with van der Waals surface area (Å²) in [5.74, 6) is -1.96. The van der Waals surface area contributed by atoms with Crippen molar-refractivity contribution in [3.8, 4) is 0 Å². The van der Waals surface area contributed by atoms with E-state index in [0.29, 0.717) is 0 Å². The maximum absolute atomic E-state index is 11.9. The second-order valence-corrected chi connectivity index (χ2v) is 5.12. The first-order valence-corrected chi connectivity index (χ1v) is 5.55. The van der Waals surface area contributed by atoms with E-state index in [0.717, 1.165) is 0 Å². The van der Waals surface area contributed by atoms with Crippen LogP contribution in [0.2, 0.25) is 5.02 Å². The number of carboxylic acids is 1. The summed E-state index contributed by atoms with van der Waals surface area (Å²) in [4.78, 5) is 22.8. The lowest BCUT2D eigenvalue weighted by Gasteiger charge is -2.20. The van der Waals surface area contributed by atoms with Crippen molar-refractivity contribution < 1.29 is 19.4 Å². The predicted octanol–water partition coefficient (Wildman–Crippen LogP) is 2.58. The summed E-state index contributed by atoms with van der Waals surface area (Å²) < 4.78 is 5.12. The van der Waals surface area contributed by atoms with E-state index in [2.05, 4.69) is 0 Å². The van der Waals surface area contributed by atoms with E-state index in [1.54, 1.807) is 20.8 Å². The molecule has 0 bridgehead atoms. The normalized spacial score (nSPS) is 11.1. The highest BCUT2D eigenvalue weighted by Gasteiger charge is 2.23. The van der Waals surface area contributed by atoms with Crippen LogP contribution in [0.1, 0.15) is 41.5 Å². The number of nitrogens with two attached hydrogens (primary N) is 1. The minimum atomic E-state index is -1.25. The van der Waals surface area contributed by atoms with Gasteiger partial charge in [-0.15, -0.1) is 0 Å². The van der Waals surface area contributed by atoms with Crippen molar-refractivity contribution in [2.24, 2.45) is 0 Å². The first-order chi connectivity index (χ1) is 8.11. The van der Waals surface area contributed by atoms with Crippen molar-refractivity contribution in [1.82, 2.24) is 0 Å². The molecule has 18 heavy (non-hydrogen) atoms. The van der Waals surface area contributed by atoms with Crippen molar-refractivity contribution in [1.29, 1.82) is 0 Å². The quantitative estimate of drug-likeness (QED) is 0.637. The SMILES string of the molecule is CC(C)(C)OC(=O)c1cc(N)cc(C(=O)O)c1Cl. The third-order valence-electron chi connectivity index (χ3n) is 1.94. The summed E-state index contributed by atoms with van der Waals surface area (Å²) in [7, 11) is 0. The third kappa shape index (κ3) is 3.37. The molecular formula is C12H14ClNO4. The molecule has 98 valence electrons. The Morgan fingerprint density at radius 1 is 1.28 bits per heavy atom. The van der Waals surface area contributed by atoms with E-state index < -0.39 is 17.5 Å². The molecule has 5 nitrogen and oxygen atoms in total. The van der Waals surface area contributed by atoms with E-state index in [1.807, 2.05) is 0 Å². The fourth-order valence-electron chi connectivity index (χ4n) is 1.28. The van der Waals surface area contributed by atoms with Crippen LogP contribution in [0.25, 0.3) is 0 Å². The Morgan fingerprint density at radius 2 is 1.78 bits per heavy atom. The van der Waals surface area contributed by atoms with Gasteiger partial charge in [-0.1, -0.05) is 11.6 Å². The highest BCUT2D eigenvalue weighted by Crippen LogP contribution is 2.26. The largest absolute Gasteiger partial charge is 0.478 e. The maximum Gasteiger partial charge on any atom is 0.340 e. The first-order valence-electron chi connectivity index (χ1n) is 5.17. The molecule has 0 aliphatic carbocycles. The molecule has 6 heteroatoms. The molecule has 0 amide bonds.